The van der Waals surface area contributed by atoms with Crippen LogP contribution in [0.15, 0.2) is 33.7 Å². The zero-order valence-corrected chi connectivity index (χ0v) is 8.53. The molecule has 0 saturated heterocycles. The van der Waals surface area contributed by atoms with Crippen LogP contribution in [0.3, 0.4) is 0 Å². The minimum Gasteiger partial charge on any atom is -0.464 e. The van der Waals surface area contributed by atoms with Gasteiger partial charge in [0.05, 0.1) is 11.6 Å². The molecule has 3 nitrogen and oxygen atoms in total. The number of rotatable bonds is 1. The molecule has 0 radical (unpaired) electrons. The Morgan fingerprint density at radius 2 is 2.07 bits per heavy atom. The van der Waals surface area contributed by atoms with Gasteiger partial charge >= 0.3 is 0 Å². The summed E-state index contributed by atoms with van der Waals surface area (Å²) in [6.45, 7) is 3.16. The molecule has 2 rings (SSSR count). The molecule has 0 bridgehead atoms. The zero-order valence-electron chi connectivity index (χ0n) is 8.53. The third kappa shape index (κ3) is 1.56. The highest BCUT2D eigenvalue weighted by atomic mass is 16.3. The summed E-state index contributed by atoms with van der Waals surface area (Å²) in [5.41, 5.74) is 1.50. The first-order chi connectivity index (χ1) is 7.09. The summed E-state index contributed by atoms with van der Waals surface area (Å²) in [7, 11) is 0. The smallest absolute Gasteiger partial charge is 0.195 e. The van der Waals surface area contributed by atoms with Crippen molar-refractivity contribution in [3.63, 3.8) is 0 Å². The van der Waals surface area contributed by atoms with Gasteiger partial charge in [-0.05, 0) is 32.0 Å². The Labute approximate surface area is 86.3 Å². The molecule has 0 N–H and O–H groups in total. The van der Waals surface area contributed by atoms with E-state index in [1.807, 2.05) is 0 Å². The summed E-state index contributed by atoms with van der Waals surface area (Å²) in [5, 5.41) is 0.461. The van der Waals surface area contributed by atoms with Crippen LogP contribution in [0, 0.1) is 6.92 Å². The molecule has 0 saturated carbocycles. The molecule has 0 spiro atoms. The van der Waals surface area contributed by atoms with Crippen molar-refractivity contribution in [2.75, 3.05) is 0 Å². The monoisotopic (exact) mass is 202 g/mol. The van der Waals surface area contributed by atoms with Gasteiger partial charge in [0.15, 0.2) is 11.2 Å². The molecule has 2 aromatic rings. The van der Waals surface area contributed by atoms with Crippen LogP contribution in [-0.2, 0) is 0 Å². The van der Waals surface area contributed by atoms with Crippen molar-refractivity contribution < 1.29 is 9.21 Å². The number of hydrogen-bond acceptors (Lipinski definition) is 3. The Balaban J connectivity index is 2.85. The van der Waals surface area contributed by atoms with Crippen LogP contribution < -0.4 is 5.43 Å². The fourth-order valence-corrected chi connectivity index (χ4v) is 1.45. The molecule has 76 valence electrons. The highest BCUT2D eigenvalue weighted by Crippen LogP contribution is 2.13. The topological polar surface area (TPSA) is 47.3 Å². The van der Waals surface area contributed by atoms with Crippen LogP contribution in [0.2, 0.25) is 0 Å². The zero-order chi connectivity index (χ0) is 11.0. The summed E-state index contributed by atoms with van der Waals surface area (Å²) in [5.74, 6) is -0.0576. The molecule has 15 heavy (non-hydrogen) atoms. The van der Waals surface area contributed by atoms with Crippen molar-refractivity contribution in [2.24, 2.45) is 0 Å². The summed E-state index contributed by atoms with van der Waals surface area (Å²) in [6, 6.07) is 4.88. The molecule has 0 atom stereocenters. The van der Waals surface area contributed by atoms with E-state index >= 15 is 0 Å². The first-order valence-corrected chi connectivity index (χ1v) is 4.62. The first kappa shape index (κ1) is 9.65. The van der Waals surface area contributed by atoms with Crippen molar-refractivity contribution in [3.05, 3.63) is 45.8 Å². The van der Waals surface area contributed by atoms with Gasteiger partial charge in [-0.2, -0.15) is 0 Å². The van der Waals surface area contributed by atoms with E-state index in [-0.39, 0.29) is 11.2 Å². The van der Waals surface area contributed by atoms with Crippen LogP contribution in [0.4, 0.5) is 0 Å². The Kier molecular flexibility index (Phi) is 2.15. The normalized spacial score (nSPS) is 10.5. The van der Waals surface area contributed by atoms with Gasteiger partial charge in [0.2, 0.25) is 0 Å². The summed E-state index contributed by atoms with van der Waals surface area (Å²) >= 11 is 0. The molecule has 0 aliphatic rings. The van der Waals surface area contributed by atoms with Crippen LogP contribution in [0.1, 0.15) is 22.8 Å². The predicted octanol–water partition coefficient (Wildman–Crippen LogP) is 2.30. The Bertz CT molecular complexity index is 593. The van der Waals surface area contributed by atoms with Crippen LogP contribution in [0.5, 0.6) is 0 Å². The van der Waals surface area contributed by atoms with E-state index in [0.717, 1.165) is 0 Å². The molecule has 0 aliphatic heterocycles. The van der Waals surface area contributed by atoms with Crippen molar-refractivity contribution in [2.45, 2.75) is 13.8 Å². The molecule has 0 amide bonds. The Morgan fingerprint density at radius 3 is 2.73 bits per heavy atom. The minimum absolute atomic E-state index is 0.0576. The number of hydrogen-bond donors (Lipinski definition) is 0. The number of carbonyl (C=O) groups excluding carboxylic acids is 1. The molecule has 1 aromatic heterocycles. The van der Waals surface area contributed by atoms with E-state index in [0.29, 0.717) is 22.1 Å². The van der Waals surface area contributed by atoms with Crippen molar-refractivity contribution in [3.8, 4) is 0 Å². The average Bonchev–Trinajstić information content (AvgIpc) is 2.23. The van der Waals surface area contributed by atoms with E-state index in [4.69, 9.17) is 4.42 Å². The lowest BCUT2D eigenvalue weighted by Gasteiger charge is -1.99. The second-order valence-corrected chi connectivity index (χ2v) is 3.51. The molecule has 3 heteroatoms. The number of benzene rings is 1. The van der Waals surface area contributed by atoms with E-state index in [2.05, 4.69) is 0 Å². The Hall–Kier alpha value is -1.90. The predicted molar refractivity (Wildman–Crippen MR) is 57.2 cm³/mol. The van der Waals surface area contributed by atoms with Crippen molar-refractivity contribution in [1.29, 1.82) is 0 Å². The lowest BCUT2D eigenvalue weighted by molar-refractivity contribution is 0.101. The standard InChI is InChI=1S/C12H10O3/c1-7-6-15-11-4-3-9(8(2)13)5-10(11)12(7)14/h3-6H,1-2H3. The number of ketones is 1. The SMILES string of the molecule is CC(=O)c1ccc2occ(C)c(=O)c2c1. The summed E-state index contributed by atoms with van der Waals surface area (Å²) in [4.78, 5) is 22.9. The number of aryl methyl sites for hydroxylation is 1. The van der Waals surface area contributed by atoms with Crippen LogP contribution in [-0.4, -0.2) is 5.78 Å². The van der Waals surface area contributed by atoms with Gasteiger partial charge in [0, 0.05) is 11.1 Å². The summed E-state index contributed by atoms with van der Waals surface area (Å²) < 4.78 is 5.25. The van der Waals surface area contributed by atoms with Gasteiger partial charge in [0.25, 0.3) is 0 Å². The number of fused-ring (bicyclic) bond motifs is 1. The molecular weight excluding hydrogens is 192 g/mol. The van der Waals surface area contributed by atoms with E-state index in [9.17, 15) is 9.59 Å². The largest absolute Gasteiger partial charge is 0.464 e. The van der Waals surface area contributed by atoms with Gasteiger partial charge in [-0.3, -0.25) is 9.59 Å². The van der Waals surface area contributed by atoms with Gasteiger partial charge in [-0.1, -0.05) is 0 Å². The lowest BCUT2D eigenvalue weighted by atomic mass is 10.1. The first-order valence-electron chi connectivity index (χ1n) is 4.62. The van der Waals surface area contributed by atoms with Gasteiger partial charge < -0.3 is 4.42 Å². The quantitative estimate of drug-likeness (QED) is 0.666. The fraction of sp³-hybridized carbons (Fsp3) is 0.167. The van der Waals surface area contributed by atoms with E-state index in [1.165, 1.54) is 13.2 Å². The molecule has 0 fully saturated rings. The highest BCUT2D eigenvalue weighted by molar-refractivity contribution is 5.97. The van der Waals surface area contributed by atoms with Crippen molar-refractivity contribution >= 4 is 16.8 Å². The maximum Gasteiger partial charge on any atom is 0.195 e. The molecule has 1 aromatic carbocycles. The van der Waals surface area contributed by atoms with Crippen LogP contribution in [0.25, 0.3) is 11.0 Å². The van der Waals surface area contributed by atoms with E-state index < -0.39 is 0 Å². The summed E-state index contributed by atoms with van der Waals surface area (Å²) in [6.07, 6.45) is 1.43. The fourth-order valence-electron chi connectivity index (χ4n) is 1.45. The number of Topliss-reactive ketones (excluding diaryl/α,β-unsaturated/α-hetero) is 1. The highest BCUT2D eigenvalue weighted by Gasteiger charge is 2.06. The molecular formula is C12H10O3. The van der Waals surface area contributed by atoms with Gasteiger partial charge in [0.1, 0.15) is 5.58 Å². The van der Waals surface area contributed by atoms with Gasteiger partial charge in [-0.25, -0.2) is 0 Å². The number of carbonyl (C=O) groups is 1. The molecule has 0 aliphatic carbocycles. The lowest BCUT2D eigenvalue weighted by Crippen LogP contribution is -2.05. The minimum atomic E-state index is -0.0839. The van der Waals surface area contributed by atoms with E-state index in [1.54, 1.807) is 25.1 Å². The molecule has 1 heterocycles. The van der Waals surface area contributed by atoms with Crippen LogP contribution >= 0.6 is 0 Å². The maximum absolute atomic E-state index is 11.7. The maximum atomic E-state index is 11.7. The third-order valence-electron chi connectivity index (χ3n) is 2.35. The Morgan fingerprint density at radius 1 is 1.33 bits per heavy atom. The second-order valence-electron chi connectivity index (χ2n) is 3.51. The average molecular weight is 202 g/mol. The van der Waals surface area contributed by atoms with Crippen molar-refractivity contribution in [1.82, 2.24) is 0 Å². The van der Waals surface area contributed by atoms with Gasteiger partial charge in [-0.15, -0.1) is 0 Å². The molecule has 0 unspecified atom stereocenters. The third-order valence-corrected chi connectivity index (χ3v) is 2.35. The second kappa shape index (κ2) is 3.35.